The molecule has 0 aliphatic heterocycles. The van der Waals surface area contributed by atoms with Gasteiger partial charge in [-0.1, -0.05) is 25.8 Å². The SMILES string of the molecule is CCCCCOC(=O)COCC(=O)Oc1c(OC)cccc1OC. The summed E-state index contributed by atoms with van der Waals surface area (Å²) >= 11 is 0. The fraction of sp³-hybridized carbons (Fsp3) is 0.529. The Kier molecular flexibility index (Phi) is 9.29. The Labute approximate surface area is 141 Å². The van der Waals surface area contributed by atoms with Crippen LogP contribution in [0.2, 0.25) is 0 Å². The molecule has 1 rings (SSSR count). The summed E-state index contributed by atoms with van der Waals surface area (Å²) in [6, 6.07) is 4.99. The standard InChI is InChI=1S/C17H24O7/c1-4-5-6-10-23-15(18)11-22-12-16(19)24-17-13(20-2)8-7-9-14(17)21-3/h7-9H,4-6,10-12H2,1-3H3. The molecule has 0 aliphatic carbocycles. The number of hydrogen-bond acceptors (Lipinski definition) is 7. The molecule has 0 spiro atoms. The summed E-state index contributed by atoms with van der Waals surface area (Å²) in [5.74, 6) is -0.292. The highest BCUT2D eigenvalue weighted by Crippen LogP contribution is 2.36. The van der Waals surface area contributed by atoms with Crippen molar-refractivity contribution in [3.8, 4) is 17.2 Å². The van der Waals surface area contributed by atoms with E-state index in [1.165, 1.54) is 14.2 Å². The van der Waals surface area contributed by atoms with Gasteiger partial charge in [-0.15, -0.1) is 0 Å². The van der Waals surface area contributed by atoms with Gasteiger partial charge in [0.2, 0.25) is 5.75 Å². The summed E-state index contributed by atoms with van der Waals surface area (Å²) in [4.78, 5) is 23.2. The van der Waals surface area contributed by atoms with Crippen molar-refractivity contribution >= 4 is 11.9 Å². The lowest BCUT2D eigenvalue weighted by Crippen LogP contribution is -2.20. The zero-order chi connectivity index (χ0) is 17.8. The van der Waals surface area contributed by atoms with Crippen LogP contribution in [0.25, 0.3) is 0 Å². The lowest BCUT2D eigenvalue weighted by atomic mass is 10.3. The van der Waals surface area contributed by atoms with Crippen LogP contribution in [-0.4, -0.2) is 46.0 Å². The van der Waals surface area contributed by atoms with E-state index in [2.05, 4.69) is 6.92 Å². The maximum atomic E-state index is 11.8. The fourth-order valence-electron chi connectivity index (χ4n) is 1.86. The Morgan fingerprint density at radius 1 is 0.958 bits per heavy atom. The molecule has 0 aromatic heterocycles. The molecule has 0 fully saturated rings. The molecule has 0 heterocycles. The number of hydrogen-bond donors (Lipinski definition) is 0. The molecule has 0 atom stereocenters. The van der Waals surface area contributed by atoms with Crippen molar-refractivity contribution in [2.45, 2.75) is 26.2 Å². The fourth-order valence-corrected chi connectivity index (χ4v) is 1.86. The topological polar surface area (TPSA) is 80.3 Å². The number of ether oxygens (including phenoxy) is 5. The van der Waals surface area contributed by atoms with Crippen molar-refractivity contribution in [3.05, 3.63) is 18.2 Å². The van der Waals surface area contributed by atoms with Gasteiger partial charge in [-0.05, 0) is 18.6 Å². The number of esters is 2. The predicted molar refractivity (Wildman–Crippen MR) is 86.5 cm³/mol. The van der Waals surface area contributed by atoms with Crippen molar-refractivity contribution in [2.24, 2.45) is 0 Å². The van der Waals surface area contributed by atoms with Crippen LogP contribution in [0, 0.1) is 0 Å². The van der Waals surface area contributed by atoms with Crippen LogP contribution >= 0.6 is 0 Å². The Hall–Kier alpha value is -2.28. The van der Waals surface area contributed by atoms with Gasteiger partial charge >= 0.3 is 11.9 Å². The van der Waals surface area contributed by atoms with Gasteiger partial charge in [0.15, 0.2) is 11.5 Å². The highest BCUT2D eigenvalue weighted by atomic mass is 16.6. The van der Waals surface area contributed by atoms with Crippen molar-refractivity contribution in [3.63, 3.8) is 0 Å². The molecule has 0 radical (unpaired) electrons. The van der Waals surface area contributed by atoms with E-state index in [1.807, 2.05) is 0 Å². The lowest BCUT2D eigenvalue weighted by molar-refractivity contribution is -0.152. The summed E-state index contributed by atoms with van der Waals surface area (Å²) in [5, 5.41) is 0. The predicted octanol–water partition coefficient (Wildman–Crippen LogP) is 2.36. The van der Waals surface area contributed by atoms with Gasteiger partial charge in [-0.3, -0.25) is 0 Å². The highest BCUT2D eigenvalue weighted by molar-refractivity contribution is 5.76. The summed E-state index contributed by atoms with van der Waals surface area (Å²) in [7, 11) is 2.91. The maximum absolute atomic E-state index is 11.8. The largest absolute Gasteiger partial charge is 0.493 e. The van der Waals surface area contributed by atoms with Crippen LogP contribution in [0.1, 0.15) is 26.2 Å². The molecule has 0 saturated heterocycles. The van der Waals surface area contributed by atoms with Gasteiger partial charge in [0, 0.05) is 0 Å². The Morgan fingerprint density at radius 3 is 2.17 bits per heavy atom. The molecule has 0 aliphatic rings. The van der Waals surface area contributed by atoms with Gasteiger partial charge in [0.05, 0.1) is 20.8 Å². The average molecular weight is 340 g/mol. The zero-order valence-corrected chi connectivity index (χ0v) is 14.3. The van der Waals surface area contributed by atoms with E-state index in [-0.39, 0.29) is 19.0 Å². The number of carbonyl (C=O) groups excluding carboxylic acids is 2. The second-order valence-electron chi connectivity index (χ2n) is 4.89. The molecule has 1 aromatic carbocycles. The van der Waals surface area contributed by atoms with E-state index >= 15 is 0 Å². The number of unbranched alkanes of at least 4 members (excludes halogenated alkanes) is 2. The minimum atomic E-state index is -0.670. The Balaban J connectivity index is 2.38. The molecular formula is C17H24O7. The van der Waals surface area contributed by atoms with Gasteiger partial charge in [-0.25, -0.2) is 9.59 Å². The third-order valence-electron chi connectivity index (χ3n) is 3.05. The van der Waals surface area contributed by atoms with Gasteiger partial charge in [0.1, 0.15) is 13.2 Å². The number of rotatable bonds is 11. The monoisotopic (exact) mass is 340 g/mol. The van der Waals surface area contributed by atoms with E-state index < -0.39 is 11.9 Å². The molecular weight excluding hydrogens is 316 g/mol. The van der Waals surface area contributed by atoms with E-state index in [9.17, 15) is 9.59 Å². The van der Waals surface area contributed by atoms with Crippen LogP contribution in [0.15, 0.2) is 18.2 Å². The first kappa shape index (κ1) is 19.8. The molecule has 134 valence electrons. The normalized spacial score (nSPS) is 10.1. The van der Waals surface area contributed by atoms with E-state index in [0.29, 0.717) is 18.1 Å². The second kappa shape index (κ2) is 11.3. The van der Waals surface area contributed by atoms with Crippen molar-refractivity contribution in [1.29, 1.82) is 0 Å². The summed E-state index contributed by atoms with van der Waals surface area (Å²) in [6.07, 6.45) is 2.87. The van der Waals surface area contributed by atoms with Crippen molar-refractivity contribution in [1.82, 2.24) is 0 Å². The number of benzene rings is 1. The first-order chi connectivity index (χ1) is 11.6. The third-order valence-corrected chi connectivity index (χ3v) is 3.05. The third kappa shape index (κ3) is 6.87. The highest BCUT2D eigenvalue weighted by Gasteiger charge is 2.16. The minimum absolute atomic E-state index is 0.165. The molecule has 1 aromatic rings. The summed E-state index contributed by atoms with van der Waals surface area (Å²) in [5.41, 5.74) is 0. The van der Waals surface area contributed by atoms with E-state index in [0.717, 1.165) is 19.3 Å². The molecule has 0 bridgehead atoms. The van der Waals surface area contributed by atoms with Gasteiger partial charge in [0.25, 0.3) is 0 Å². The summed E-state index contributed by atoms with van der Waals surface area (Å²) < 4.78 is 25.4. The Morgan fingerprint density at radius 2 is 1.58 bits per heavy atom. The van der Waals surface area contributed by atoms with Crippen LogP contribution in [-0.2, 0) is 19.1 Å². The van der Waals surface area contributed by atoms with Crippen LogP contribution < -0.4 is 14.2 Å². The molecule has 7 heteroatoms. The zero-order valence-electron chi connectivity index (χ0n) is 14.3. The summed E-state index contributed by atoms with van der Waals surface area (Å²) in [6.45, 7) is 1.74. The maximum Gasteiger partial charge on any atom is 0.337 e. The molecule has 0 saturated carbocycles. The number of carbonyl (C=O) groups is 2. The van der Waals surface area contributed by atoms with Crippen molar-refractivity contribution in [2.75, 3.05) is 34.0 Å². The molecule has 0 amide bonds. The van der Waals surface area contributed by atoms with Crippen LogP contribution in [0.3, 0.4) is 0 Å². The number of para-hydroxylation sites is 1. The van der Waals surface area contributed by atoms with Crippen molar-refractivity contribution < 1.29 is 33.3 Å². The average Bonchev–Trinajstić information content (AvgIpc) is 2.59. The number of methoxy groups -OCH3 is 2. The molecule has 0 N–H and O–H groups in total. The second-order valence-corrected chi connectivity index (χ2v) is 4.89. The van der Waals surface area contributed by atoms with Gasteiger partial charge < -0.3 is 23.7 Å². The first-order valence-corrected chi connectivity index (χ1v) is 7.77. The van der Waals surface area contributed by atoms with Gasteiger partial charge in [-0.2, -0.15) is 0 Å². The molecule has 0 unspecified atom stereocenters. The van der Waals surface area contributed by atoms with Crippen LogP contribution in [0.4, 0.5) is 0 Å². The van der Waals surface area contributed by atoms with E-state index in [4.69, 9.17) is 23.7 Å². The van der Waals surface area contributed by atoms with Crippen LogP contribution in [0.5, 0.6) is 17.2 Å². The lowest BCUT2D eigenvalue weighted by Gasteiger charge is -2.12. The van der Waals surface area contributed by atoms with E-state index in [1.54, 1.807) is 18.2 Å². The molecule has 24 heavy (non-hydrogen) atoms. The smallest absolute Gasteiger partial charge is 0.337 e. The molecule has 7 nitrogen and oxygen atoms in total. The quantitative estimate of drug-likeness (QED) is 0.347. The Bertz CT molecular complexity index is 505. The minimum Gasteiger partial charge on any atom is -0.493 e. The first-order valence-electron chi connectivity index (χ1n) is 7.77.